The molecule has 0 spiro atoms. The van der Waals surface area contributed by atoms with Gasteiger partial charge >= 0.3 is 6.18 Å². The molecule has 0 aliphatic heterocycles. The van der Waals surface area contributed by atoms with Gasteiger partial charge in [-0.3, -0.25) is 5.43 Å². The second-order valence-electron chi connectivity index (χ2n) is 5.44. The van der Waals surface area contributed by atoms with Gasteiger partial charge in [-0.2, -0.15) is 18.3 Å². The van der Waals surface area contributed by atoms with Crippen LogP contribution in [-0.2, 0) is 6.18 Å². The molecule has 1 heterocycles. The molecule has 1 N–H and O–H groups in total. The summed E-state index contributed by atoms with van der Waals surface area (Å²) in [6, 6.07) is 6.67. The third-order valence-corrected chi connectivity index (χ3v) is 3.84. The van der Waals surface area contributed by atoms with Gasteiger partial charge in [0.25, 0.3) is 0 Å². The Morgan fingerprint density at radius 3 is 2.42 bits per heavy atom. The van der Waals surface area contributed by atoms with Crippen LogP contribution in [0, 0.1) is 11.7 Å². The Balaban J connectivity index is 1.84. The molecule has 24 heavy (non-hydrogen) atoms. The van der Waals surface area contributed by atoms with Gasteiger partial charge in [0.15, 0.2) is 5.82 Å². The molecule has 1 fully saturated rings. The quantitative estimate of drug-likeness (QED) is 0.468. The number of hydrazone groups is 1. The molecule has 1 aromatic heterocycles. The van der Waals surface area contributed by atoms with Crippen LogP contribution in [0.5, 0.6) is 0 Å². The SMILES string of the molecule is Fc1ccc(/C(=N/Nc2ncc(C(F)(F)F)cc2Cl)C2CC2)cc1. The van der Waals surface area contributed by atoms with E-state index in [9.17, 15) is 17.6 Å². The van der Waals surface area contributed by atoms with Crippen molar-refractivity contribution in [2.24, 2.45) is 11.0 Å². The van der Waals surface area contributed by atoms with E-state index in [2.05, 4.69) is 15.5 Å². The number of nitrogens with zero attached hydrogens (tertiary/aromatic N) is 2. The first-order valence-electron chi connectivity index (χ1n) is 7.17. The van der Waals surface area contributed by atoms with Gasteiger partial charge in [-0.15, -0.1) is 0 Å². The Morgan fingerprint density at radius 1 is 1.21 bits per heavy atom. The molecular weight excluding hydrogens is 346 g/mol. The van der Waals surface area contributed by atoms with E-state index >= 15 is 0 Å². The summed E-state index contributed by atoms with van der Waals surface area (Å²) in [5.41, 5.74) is 3.13. The topological polar surface area (TPSA) is 37.3 Å². The maximum absolute atomic E-state index is 13.0. The molecule has 1 aliphatic carbocycles. The third kappa shape index (κ3) is 3.84. The molecule has 0 unspecified atom stereocenters. The van der Waals surface area contributed by atoms with Crippen LogP contribution in [0.2, 0.25) is 5.02 Å². The van der Waals surface area contributed by atoms with Crippen molar-refractivity contribution in [3.8, 4) is 0 Å². The molecule has 0 saturated heterocycles. The minimum atomic E-state index is -4.51. The van der Waals surface area contributed by atoms with E-state index in [0.717, 1.165) is 24.5 Å². The van der Waals surface area contributed by atoms with E-state index in [1.807, 2.05) is 0 Å². The molecule has 2 aromatic rings. The van der Waals surface area contributed by atoms with E-state index in [-0.39, 0.29) is 22.6 Å². The number of alkyl halides is 3. The second kappa shape index (κ2) is 6.39. The van der Waals surface area contributed by atoms with Gasteiger partial charge in [0, 0.05) is 12.1 Å². The molecule has 0 atom stereocenters. The molecule has 1 aliphatic rings. The van der Waals surface area contributed by atoms with Gasteiger partial charge in [0.1, 0.15) is 5.82 Å². The summed E-state index contributed by atoms with van der Waals surface area (Å²) in [5.74, 6) is -0.0876. The molecule has 1 aromatic carbocycles. The lowest BCUT2D eigenvalue weighted by Gasteiger charge is -2.10. The monoisotopic (exact) mass is 357 g/mol. The number of pyridine rings is 1. The van der Waals surface area contributed by atoms with Crippen molar-refractivity contribution in [3.05, 3.63) is 58.5 Å². The Bertz CT molecular complexity index is 768. The first kappa shape index (κ1) is 16.7. The molecule has 8 heteroatoms. The minimum absolute atomic E-state index is 0.0323. The number of nitrogens with one attached hydrogen (secondary N) is 1. The van der Waals surface area contributed by atoms with E-state index in [1.165, 1.54) is 12.1 Å². The van der Waals surface area contributed by atoms with Crippen LogP contribution in [0.1, 0.15) is 24.0 Å². The van der Waals surface area contributed by atoms with Gasteiger partial charge < -0.3 is 0 Å². The van der Waals surface area contributed by atoms with Crippen LogP contribution in [0.4, 0.5) is 23.4 Å². The molecule has 0 radical (unpaired) electrons. The Morgan fingerprint density at radius 2 is 1.88 bits per heavy atom. The highest BCUT2D eigenvalue weighted by Gasteiger charge is 2.32. The van der Waals surface area contributed by atoms with Gasteiger partial charge in [0.05, 0.1) is 16.3 Å². The predicted molar refractivity (Wildman–Crippen MR) is 83.5 cm³/mol. The molecule has 3 nitrogen and oxygen atoms in total. The number of hydrogen-bond donors (Lipinski definition) is 1. The van der Waals surface area contributed by atoms with Crippen molar-refractivity contribution in [2.75, 3.05) is 5.43 Å². The molecule has 3 rings (SSSR count). The number of halogens is 5. The molecular formula is C16H12ClF4N3. The summed E-state index contributed by atoms with van der Waals surface area (Å²) >= 11 is 5.84. The van der Waals surface area contributed by atoms with Crippen LogP contribution in [0.25, 0.3) is 0 Å². The highest BCUT2D eigenvalue weighted by molar-refractivity contribution is 6.33. The first-order chi connectivity index (χ1) is 11.3. The van der Waals surface area contributed by atoms with Crippen LogP contribution in [-0.4, -0.2) is 10.7 Å². The number of rotatable bonds is 4. The standard InChI is InChI=1S/C16H12ClF4N3/c17-13-7-11(16(19,20)21)8-22-15(13)24-23-14(9-1-2-9)10-3-5-12(18)6-4-10/h3-9H,1-2H2,(H,22,24)/b23-14+. The highest BCUT2D eigenvalue weighted by atomic mass is 35.5. The number of hydrogen-bond acceptors (Lipinski definition) is 3. The van der Waals surface area contributed by atoms with Crippen molar-refractivity contribution in [1.82, 2.24) is 4.98 Å². The summed E-state index contributed by atoms with van der Waals surface area (Å²) in [4.78, 5) is 3.67. The zero-order valence-corrected chi connectivity index (χ0v) is 13.0. The predicted octanol–water partition coefficient (Wildman–Crippen LogP) is 5.12. The fourth-order valence-electron chi connectivity index (χ4n) is 2.16. The Kier molecular flexibility index (Phi) is 4.45. The zero-order valence-electron chi connectivity index (χ0n) is 12.2. The lowest BCUT2D eigenvalue weighted by atomic mass is 10.1. The van der Waals surface area contributed by atoms with Crippen molar-refractivity contribution < 1.29 is 17.6 Å². The van der Waals surface area contributed by atoms with Gasteiger partial charge in [-0.05, 0) is 36.6 Å². The van der Waals surface area contributed by atoms with Gasteiger partial charge in [-0.1, -0.05) is 23.7 Å². The molecule has 1 saturated carbocycles. The maximum Gasteiger partial charge on any atom is 0.417 e. The lowest BCUT2D eigenvalue weighted by molar-refractivity contribution is -0.137. The fraction of sp³-hybridized carbons (Fsp3) is 0.250. The Hall–Kier alpha value is -2.15. The zero-order chi connectivity index (χ0) is 17.3. The third-order valence-electron chi connectivity index (χ3n) is 3.55. The summed E-state index contributed by atoms with van der Waals surface area (Å²) in [5, 5.41) is 4.05. The second-order valence-corrected chi connectivity index (χ2v) is 5.85. The summed E-state index contributed by atoms with van der Waals surface area (Å²) in [6.45, 7) is 0. The van der Waals surface area contributed by atoms with Crippen molar-refractivity contribution >= 4 is 23.1 Å². The number of anilines is 1. The average molecular weight is 358 g/mol. The smallest absolute Gasteiger partial charge is 0.260 e. The maximum atomic E-state index is 13.0. The molecule has 0 amide bonds. The first-order valence-corrected chi connectivity index (χ1v) is 7.54. The van der Waals surface area contributed by atoms with Crippen LogP contribution in [0.3, 0.4) is 0 Å². The summed E-state index contributed by atoms with van der Waals surface area (Å²) in [6.07, 6.45) is -1.91. The van der Waals surface area contributed by atoms with E-state index in [4.69, 9.17) is 11.6 Å². The van der Waals surface area contributed by atoms with Gasteiger partial charge in [-0.25, -0.2) is 9.37 Å². The Labute approximate surface area is 140 Å². The number of aromatic nitrogens is 1. The molecule has 0 bridgehead atoms. The minimum Gasteiger partial charge on any atom is -0.260 e. The van der Waals surface area contributed by atoms with Crippen LogP contribution < -0.4 is 5.43 Å². The van der Waals surface area contributed by atoms with Crippen molar-refractivity contribution in [2.45, 2.75) is 19.0 Å². The van der Waals surface area contributed by atoms with Crippen molar-refractivity contribution in [1.29, 1.82) is 0 Å². The van der Waals surface area contributed by atoms with Gasteiger partial charge in [0.2, 0.25) is 0 Å². The van der Waals surface area contributed by atoms with Crippen molar-refractivity contribution in [3.63, 3.8) is 0 Å². The summed E-state index contributed by atoms with van der Waals surface area (Å²) in [7, 11) is 0. The van der Waals surface area contributed by atoms with Crippen LogP contribution >= 0.6 is 11.6 Å². The molecule has 126 valence electrons. The fourth-order valence-corrected chi connectivity index (χ4v) is 2.37. The largest absolute Gasteiger partial charge is 0.417 e. The van der Waals surface area contributed by atoms with Crippen LogP contribution in [0.15, 0.2) is 41.6 Å². The average Bonchev–Trinajstić information content (AvgIpc) is 3.34. The van der Waals surface area contributed by atoms with E-state index < -0.39 is 11.7 Å². The number of benzene rings is 1. The van der Waals surface area contributed by atoms with E-state index in [1.54, 1.807) is 12.1 Å². The highest BCUT2D eigenvalue weighted by Crippen LogP contribution is 2.34. The van der Waals surface area contributed by atoms with E-state index in [0.29, 0.717) is 11.9 Å². The normalized spacial score (nSPS) is 15.5. The lowest BCUT2D eigenvalue weighted by Crippen LogP contribution is -2.09. The summed E-state index contributed by atoms with van der Waals surface area (Å²) < 4.78 is 50.8.